The highest BCUT2D eigenvalue weighted by Crippen LogP contribution is 2.26. The van der Waals surface area contributed by atoms with E-state index in [9.17, 15) is 14.7 Å². The van der Waals surface area contributed by atoms with Gasteiger partial charge in [0.2, 0.25) is 5.88 Å². The third-order valence-corrected chi connectivity index (χ3v) is 5.82. The summed E-state index contributed by atoms with van der Waals surface area (Å²) in [5.41, 5.74) is 2.15. The number of amides is 2. The number of rotatable bonds is 11. The lowest BCUT2D eigenvalue weighted by molar-refractivity contribution is 0.0695. The van der Waals surface area contributed by atoms with E-state index in [0.717, 1.165) is 17.7 Å². The highest BCUT2D eigenvalue weighted by atomic mass is 35.5. The number of nitrogens with zero attached hydrogens (tertiary/aromatic N) is 1. The van der Waals surface area contributed by atoms with Crippen LogP contribution in [0.3, 0.4) is 0 Å². The average molecular weight is 502 g/mol. The van der Waals surface area contributed by atoms with Crippen molar-refractivity contribution in [3.05, 3.63) is 70.5 Å². The van der Waals surface area contributed by atoms with E-state index in [4.69, 9.17) is 16.3 Å². The number of aromatic nitrogens is 1. The van der Waals surface area contributed by atoms with Crippen LogP contribution in [0.5, 0.6) is 5.88 Å². The molecule has 9 nitrogen and oxygen atoms in total. The van der Waals surface area contributed by atoms with Crippen LogP contribution in [0.2, 0.25) is 5.02 Å². The Morgan fingerprint density at radius 3 is 2.71 bits per heavy atom. The normalized spacial score (nSPS) is 18.2. The zero-order valence-corrected chi connectivity index (χ0v) is 20.6. The van der Waals surface area contributed by atoms with Gasteiger partial charge >= 0.3 is 12.0 Å². The molecule has 1 aliphatic rings. The van der Waals surface area contributed by atoms with Gasteiger partial charge in [-0.15, -0.1) is 0 Å². The van der Waals surface area contributed by atoms with Gasteiger partial charge in [-0.05, 0) is 43.0 Å². The number of carbonyl (C=O) groups excluding carboxylic acids is 1. The molecule has 188 valence electrons. The van der Waals surface area contributed by atoms with Crippen LogP contribution in [0.25, 0.3) is 0 Å². The summed E-state index contributed by atoms with van der Waals surface area (Å²) in [7, 11) is 0. The number of urea groups is 1. The van der Waals surface area contributed by atoms with E-state index in [0.29, 0.717) is 36.8 Å². The fourth-order valence-corrected chi connectivity index (χ4v) is 3.81. The van der Waals surface area contributed by atoms with Crippen LogP contribution < -0.4 is 26.0 Å². The lowest BCUT2D eigenvalue weighted by Gasteiger charge is -2.31. The fourth-order valence-electron chi connectivity index (χ4n) is 3.68. The van der Waals surface area contributed by atoms with Gasteiger partial charge in [-0.3, -0.25) is 5.32 Å². The van der Waals surface area contributed by atoms with Gasteiger partial charge in [0.05, 0.1) is 5.56 Å². The Morgan fingerprint density at radius 2 is 2.03 bits per heavy atom. The molecule has 0 radical (unpaired) electrons. The number of allylic oxidation sites excluding steroid dienone is 1. The van der Waals surface area contributed by atoms with Crippen molar-refractivity contribution in [3.63, 3.8) is 0 Å². The maximum absolute atomic E-state index is 12.3. The molecule has 3 unspecified atom stereocenters. The monoisotopic (exact) mass is 501 g/mol. The highest BCUT2D eigenvalue weighted by molar-refractivity contribution is 6.30. The van der Waals surface area contributed by atoms with E-state index in [1.807, 2.05) is 38.1 Å². The molecule has 1 aromatic carbocycles. The summed E-state index contributed by atoms with van der Waals surface area (Å²) in [6.07, 6.45) is 5.12. The summed E-state index contributed by atoms with van der Waals surface area (Å²) in [5, 5.41) is 22.3. The van der Waals surface area contributed by atoms with Crippen molar-refractivity contribution in [1.29, 1.82) is 0 Å². The lowest BCUT2D eigenvalue weighted by Crippen LogP contribution is -2.56. The standard InChI is InChI=1S/C25H32ClN5O4/c1-3-11-28-25(34)31-24(29-15-17-4-6-19(26)7-5-17)30-20-8-9-21(16(2)13-20)35-22-14-18(23(32)33)10-12-27-22/h4-7,10,12-14,16,21,24,29-30H,3,8-9,11,15H2,1-2H3,(H,32,33)(H2,28,31,34). The Hall–Kier alpha value is -3.30. The lowest BCUT2D eigenvalue weighted by atomic mass is 9.92. The van der Waals surface area contributed by atoms with Gasteiger partial charge in [0.1, 0.15) is 6.10 Å². The smallest absolute Gasteiger partial charge is 0.335 e. The van der Waals surface area contributed by atoms with E-state index < -0.39 is 12.3 Å². The Labute approximate surface area is 210 Å². The predicted molar refractivity (Wildman–Crippen MR) is 134 cm³/mol. The molecular formula is C25H32ClN5O4. The van der Waals surface area contributed by atoms with Crippen LogP contribution in [0.15, 0.2) is 54.4 Å². The molecule has 3 rings (SSSR count). The molecule has 0 bridgehead atoms. The molecule has 0 saturated carbocycles. The molecule has 0 fully saturated rings. The SMILES string of the molecule is CCCNC(=O)NC(NCc1ccc(Cl)cc1)NC1=CC(C)C(Oc2cc(C(=O)O)ccn2)CC1. The number of benzene rings is 1. The summed E-state index contributed by atoms with van der Waals surface area (Å²) >= 11 is 5.97. The molecule has 1 heterocycles. The van der Waals surface area contributed by atoms with E-state index in [1.54, 1.807) is 0 Å². The van der Waals surface area contributed by atoms with Crippen molar-refractivity contribution in [1.82, 2.24) is 26.3 Å². The zero-order valence-electron chi connectivity index (χ0n) is 19.9. The number of ether oxygens (including phenoxy) is 1. The topological polar surface area (TPSA) is 125 Å². The number of halogens is 1. The van der Waals surface area contributed by atoms with Gasteiger partial charge in [0.15, 0.2) is 6.29 Å². The maximum Gasteiger partial charge on any atom is 0.335 e. The molecule has 1 aliphatic carbocycles. The Balaban J connectivity index is 1.62. The van der Waals surface area contributed by atoms with Crippen LogP contribution in [-0.4, -0.2) is 41.0 Å². The molecule has 0 aliphatic heterocycles. The van der Waals surface area contributed by atoms with Gasteiger partial charge in [-0.25, -0.2) is 14.6 Å². The second-order valence-corrected chi connectivity index (χ2v) is 8.86. The molecule has 35 heavy (non-hydrogen) atoms. The molecule has 2 aromatic rings. The summed E-state index contributed by atoms with van der Waals surface area (Å²) in [6.45, 7) is 5.15. The summed E-state index contributed by atoms with van der Waals surface area (Å²) < 4.78 is 5.98. The van der Waals surface area contributed by atoms with Crippen LogP contribution in [0.4, 0.5) is 4.79 Å². The van der Waals surface area contributed by atoms with Crippen molar-refractivity contribution in [2.24, 2.45) is 5.92 Å². The van der Waals surface area contributed by atoms with Crippen molar-refractivity contribution in [2.75, 3.05) is 6.54 Å². The number of pyridine rings is 1. The average Bonchev–Trinajstić information content (AvgIpc) is 2.84. The minimum Gasteiger partial charge on any atom is -0.478 e. The molecular weight excluding hydrogens is 470 g/mol. The molecule has 3 atom stereocenters. The van der Waals surface area contributed by atoms with Gasteiger partial charge < -0.3 is 25.8 Å². The second-order valence-electron chi connectivity index (χ2n) is 8.42. The Bertz CT molecular complexity index is 1030. The van der Waals surface area contributed by atoms with E-state index >= 15 is 0 Å². The van der Waals surface area contributed by atoms with E-state index in [1.165, 1.54) is 18.3 Å². The van der Waals surface area contributed by atoms with Crippen molar-refractivity contribution < 1.29 is 19.4 Å². The second kappa shape index (κ2) is 13.0. The predicted octanol–water partition coefficient (Wildman–Crippen LogP) is 3.87. The van der Waals surface area contributed by atoms with Gasteiger partial charge in [0.25, 0.3) is 0 Å². The first-order valence-corrected chi connectivity index (χ1v) is 12.1. The number of hydrogen-bond acceptors (Lipinski definition) is 6. The number of aromatic carboxylic acids is 1. The quantitative estimate of drug-likeness (QED) is 0.296. The van der Waals surface area contributed by atoms with E-state index in [2.05, 4.69) is 32.3 Å². The summed E-state index contributed by atoms with van der Waals surface area (Å²) in [5.74, 6) is -0.677. The molecule has 2 amide bonds. The number of carboxylic acid groups (broad SMARTS) is 1. The fraction of sp³-hybridized carbons (Fsp3) is 0.400. The van der Waals surface area contributed by atoms with Crippen LogP contribution in [0.1, 0.15) is 49.0 Å². The first-order valence-electron chi connectivity index (χ1n) is 11.7. The zero-order chi connectivity index (χ0) is 25.2. The first kappa shape index (κ1) is 26.3. The van der Waals surface area contributed by atoms with Gasteiger partial charge in [0, 0.05) is 42.0 Å². The number of carboxylic acids is 1. The molecule has 0 spiro atoms. The van der Waals surface area contributed by atoms with Crippen LogP contribution >= 0.6 is 11.6 Å². The number of nitrogens with one attached hydrogen (secondary N) is 4. The molecule has 10 heteroatoms. The van der Waals surface area contributed by atoms with Crippen molar-refractivity contribution >= 4 is 23.6 Å². The van der Waals surface area contributed by atoms with Crippen molar-refractivity contribution in [2.45, 2.75) is 52.0 Å². The first-order chi connectivity index (χ1) is 16.8. The Morgan fingerprint density at radius 1 is 1.26 bits per heavy atom. The van der Waals surface area contributed by atoms with Crippen LogP contribution in [0, 0.1) is 5.92 Å². The van der Waals surface area contributed by atoms with E-state index in [-0.39, 0.29) is 23.6 Å². The minimum atomic E-state index is -1.02. The maximum atomic E-state index is 12.3. The molecule has 5 N–H and O–H groups in total. The van der Waals surface area contributed by atoms with Gasteiger partial charge in [-0.2, -0.15) is 0 Å². The largest absolute Gasteiger partial charge is 0.478 e. The molecule has 0 saturated heterocycles. The highest BCUT2D eigenvalue weighted by Gasteiger charge is 2.25. The third kappa shape index (κ3) is 8.45. The minimum absolute atomic E-state index is 0.0485. The van der Waals surface area contributed by atoms with Crippen LogP contribution in [-0.2, 0) is 6.54 Å². The van der Waals surface area contributed by atoms with Gasteiger partial charge in [-0.1, -0.05) is 43.7 Å². The summed E-state index contributed by atoms with van der Waals surface area (Å²) in [4.78, 5) is 27.6. The number of hydrogen-bond donors (Lipinski definition) is 5. The third-order valence-electron chi connectivity index (χ3n) is 5.57. The molecule has 1 aromatic heterocycles. The summed E-state index contributed by atoms with van der Waals surface area (Å²) in [6, 6.07) is 10.1. The number of carbonyl (C=O) groups is 2. The Kier molecular flexibility index (Phi) is 9.75. The van der Waals surface area contributed by atoms with Crippen molar-refractivity contribution in [3.8, 4) is 5.88 Å².